The number of unbranched alkanes of at least 4 members (excludes halogenated alkanes) is 8. The van der Waals surface area contributed by atoms with Gasteiger partial charge >= 0.3 is 23.9 Å². The smallest absolute Gasteiger partial charge is 0.387 e. The highest BCUT2D eigenvalue weighted by atomic mass is 17.2. The fourth-order valence-corrected chi connectivity index (χ4v) is 7.36. The van der Waals surface area contributed by atoms with Gasteiger partial charge in [0.2, 0.25) is 0 Å². The molecule has 0 spiro atoms. The van der Waals surface area contributed by atoms with E-state index in [0.29, 0.717) is 12.8 Å². The number of hydrogen-bond donors (Lipinski definition) is 0. The zero-order valence-electron chi connectivity index (χ0n) is 40.9. The fourth-order valence-electron chi connectivity index (χ4n) is 7.36. The number of carbonyl (C=O) groups excluding carboxylic acids is 8. The molecule has 0 amide bonds. The van der Waals surface area contributed by atoms with E-state index in [9.17, 15) is 38.4 Å². The van der Waals surface area contributed by atoms with E-state index in [-0.39, 0.29) is 93.3 Å². The first kappa shape index (κ1) is 54.0. The van der Waals surface area contributed by atoms with Crippen molar-refractivity contribution in [3.63, 3.8) is 0 Å². The van der Waals surface area contributed by atoms with Crippen LogP contribution in [0.3, 0.4) is 0 Å². The summed E-state index contributed by atoms with van der Waals surface area (Å²) in [7, 11) is 0. The van der Waals surface area contributed by atoms with Gasteiger partial charge in [-0.05, 0) is 72.2 Å². The molecule has 0 aliphatic heterocycles. The maximum absolute atomic E-state index is 14.4. The Bertz CT molecular complexity index is 2290. The monoisotopic (exact) mass is 930 g/mol. The standard InChI is InChI=1S/C56H66O12/c1-9-11-13-15-17-27-45(57)37-29-31-47(65-49(59)35-55(3,4)5)43(33-37)51(61)39-23-19-21-25-41(39)53(63)67-68-54(64)42-26-22-20-24-40(42)52(62)44-34-38(46(58)28-18-16-14-12-10-2)30-32-48(44)66-50(60)36-56(6,7)8/h19-26,29-34H,9-18,27-28,35-36H2,1-8H3. The molecule has 0 aliphatic rings. The largest absolute Gasteiger partial charge is 0.426 e. The predicted molar refractivity (Wildman–Crippen MR) is 258 cm³/mol. The second-order valence-electron chi connectivity index (χ2n) is 19.5. The van der Waals surface area contributed by atoms with Gasteiger partial charge in [0, 0.05) is 35.1 Å². The van der Waals surface area contributed by atoms with Gasteiger partial charge in [-0.1, -0.05) is 143 Å². The predicted octanol–water partition coefficient (Wildman–Crippen LogP) is 12.8. The minimum atomic E-state index is -1.24. The highest BCUT2D eigenvalue weighted by molar-refractivity contribution is 6.18. The molecule has 4 rings (SSSR count). The van der Waals surface area contributed by atoms with Gasteiger partial charge in [0.05, 0.1) is 35.1 Å². The SMILES string of the molecule is CCCCCCCC(=O)c1ccc(OC(=O)CC(C)(C)C)c(C(=O)c2ccccc2C(=O)OOC(=O)c2ccccc2C(=O)c2cc(C(=O)CCCCCCC)ccc2OC(=O)CC(C)(C)C)c1. The van der Waals surface area contributed by atoms with Crippen LogP contribution in [-0.2, 0) is 19.4 Å². The summed E-state index contributed by atoms with van der Waals surface area (Å²) >= 11 is 0. The molecule has 0 fully saturated rings. The third kappa shape index (κ3) is 16.6. The highest BCUT2D eigenvalue weighted by Gasteiger charge is 2.29. The number of esters is 2. The minimum Gasteiger partial charge on any atom is -0.426 e. The molecule has 0 heterocycles. The lowest BCUT2D eigenvalue weighted by molar-refractivity contribution is -0.187. The normalized spacial score (nSPS) is 11.4. The first-order valence-electron chi connectivity index (χ1n) is 23.7. The topological polar surface area (TPSA) is 173 Å². The molecule has 12 nitrogen and oxygen atoms in total. The summed E-state index contributed by atoms with van der Waals surface area (Å²) < 4.78 is 11.4. The van der Waals surface area contributed by atoms with Crippen LogP contribution < -0.4 is 9.47 Å². The number of ether oxygens (including phenoxy) is 2. The Hall–Kier alpha value is -6.56. The van der Waals surface area contributed by atoms with Crippen molar-refractivity contribution < 1.29 is 57.6 Å². The second kappa shape index (κ2) is 25.5. The number of rotatable bonds is 24. The lowest BCUT2D eigenvalue weighted by Crippen LogP contribution is -2.20. The summed E-state index contributed by atoms with van der Waals surface area (Å²) in [5.41, 5.74) is -1.73. The average molecular weight is 931 g/mol. The Morgan fingerprint density at radius 2 is 0.750 bits per heavy atom. The van der Waals surface area contributed by atoms with Gasteiger partial charge in [0.25, 0.3) is 0 Å². The van der Waals surface area contributed by atoms with Crippen molar-refractivity contribution in [1.82, 2.24) is 0 Å². The van der Waals surface area contributed by atoms with Crippen LogP contribution in [0.2, 0.25) is 0 Å². The molecule has 0 aromatic heterocycles. The summed E-state index contributed by atoms with van der Waals surface area (Å²) in [6.45, 7) is 15.4. The lowest BCUT2D eigenvalue weighted by Gasteiger charge is -2.18. The molecular weight excluding hydrogens is 865 g/mol. The van der Waals surface area contributed by atoms with Crippen LogP contribution in [-0.4, -0.2) is 47.0 Å². The fraction of sp³-hybridized carbons (Fsp3) is 0.429. The van der Waals surface area contributed by atoms with Gasteiger partial charge in [-0.15, -0.1) is 0 Å². The number of hydrogen-bond acceptors (Lipinski definition) is 12. The lowest BCUT2D eigenvalue weighted by atomic mass is 9.92. The maximum Gasteiger partial charge on any atom is 0.387 e. The zero-order valence-corrected chi connectivity index (χ0v) is 40.9. The van der Waals surface area contributed by atoms with Crippen molar-refractivity contribution in [1.29, 1.82) is 0 Å². The first-order chi connectivity index (χ1) is 32.2. The average Bonchev–Trinajstić information content (AvgIpc) is 3.28. The van der Waals surface area contributed by atoms with Crippen molar-refractivity contribution in [3.8, 4) is 11.5 Å². The molecule has 4 aromatic rings. The van der Waals surface area contributed by atoms with Crippen LogP contribution in [0.4, 0.5) is 0 Å². The van der Waals surface area contributed by atoms with Gasteiger partial charge in [0.15, 0.2) is 23.1 Å². The highest BCUT2D eigenvalue weighted by Crippen LogP contribution is 2.31. The molecule has 0 saturated carbocycles. The van der Waals surface area contributed by atoms with Crippen LogP contribution >= 0.6 is 0 Å². The van der Waals surface area contributed by atoms with Crippen LogP contribution in [0, 0.1) is 10.8 Å². The third-order valence-electron chi connectivity index (χ3n) is 10.9. The van der Waals surface area contributed by atoms with Crippen molar-refractivity contribution in [2.45, 2.75) is 145 Å². The van der Waals surface area contributed by atoms with E-state index in [1.165, 1.54) is 84.9 Å². The zero-order chi connectivity index (χ0) is 50.0. The molecule has 0 radical (unpaired) electrons. The molecule has 0 N–H and O–H groups in total. The molecule has 0 atom stereocenters. The Morgan fingerprint density at radius 3 is 1.09 bits per heavy atom. The van der Waals surface area contributed by atoms with Gasteiger partial charge in [0.1, 0.15) is 11.5 Å². The molecule has 362 valence electrons. The molecule has 12 heteroatoms. The van der Waals surface area contributed by atoms with E-state index in [2.05, 4.69) is 13.8 Å². The van der Waals surface area contributed by atoms with Crippen LogP contribution in [0.25, 0.3) is 0 Å². The first-order valence-corrected chi connectivity index (χ1v) is 23.7. The van der Waals surface area contributed by atoms with E-state index in [1.807, 2.05) is 41.5 Å². The molecular formula is C56H66O12. The Morgan fingerprint density at radius 1 is 0.412 bits per heavy atom. The van der Waals surface area contributed by atoms with Crippen molar-refractivity contribution in [2.24, 2.45) is 10.8 Å². The van der Waals surface area contributed by atoms with E-state index in [4.69, 9.17) is 19.2 Å². The number of benzene rings is 4. The molecule has 4 aromatic carbocycles. The van der Waals surface area contributed by atoms with E-state index < -0.39 is 46.3 Å². The van der Waals surface area contributed by atoms with Crippen molar-refractivity contribution in [2.75, 3.05) is 0 Å². The Kier molecular flexibility index (Phi) is 20.3. The maximum atomic E-state index is 14.4. The summed E-state index contributed by atoms with van der Waals surface area (Å²) in [5, 5.41) is 0. The molecule has 0 bridgehead atoms. The van der Waals surface area contributed by atoms with Crippen molar-refractivity contribution >= 4 is 47.0 Å². The number of carbonyl (C=O) groups is 8. The van der Waals surface area contributed by atoms with Crippen LogP contribution in [0.1, 0.15) is 219 Å². The van der Waals surface area contributed by atoms with Crippen molar-refractivity contribution in [3.05, 3.63) is 129 Å². The second-order valence-corrected chi connectivity index (χ2v) is 19.5. The van der Waals surface area contributed by atoms with Crippen LogP contribution in [0.15, 0.2) is 84.9 Å². The number of ketones is 4. The Labute approximate surface area is 400 Å². The van der Waals surface area contributed by atoms with Gasteiger partial charge < -0.3 is 9.47 Å². The molecule has 0 aliphatic carbocycles. The van der Waals surface area contributed by atoms with E-state index in [1.54, 1.807) is 0 Å². The quantitative estimate of drug-likeness (QED) is 0.0163. The Balaban J connectivity index is 1.62. The number of Topliss-reactive ketones (excluding diaryl/α,β-unsaturated/α-hetero) is 2. The molecule has 68 heavy (non-hydrogen) atoms. The summed E-state index contributed by atoms with van der Waals surface area (Å²) in [6, 6.07) is 19.6. The molecule has 0 unspecified atom stereocenters. The summed E-state index contributed by atoms with van der Waals surface area (Å²) in [6.07, 6.45) is 9.87. The third-order valence-corrected chi connectivity index (χ3v) is 10.9. The van der Waals surface area contributed by atoms with Gasteiger partial charge in [-0.3, -0.25) is 28.8 Å². The minimum absolute atomic E-state index is 0.0272. The van der Waals surface area contributed by atoms with Crippen LogP contribution in [0.5, 0.6) is 11.5 Å². The van der Waals surface area contributed by atoms with E-state index in [0.717, 1.165) is 51.4 Å². The summed E-state index contributed by atoms with van der Waals surface area (Å²) in [5.74, 6) is -5.86. The van der Waals surface area contributed by atoms with E-state index >= 15 is 0 Å². The summed E-state index contributed by atoms with van der Waals surface area (Å²) in [4.78, 5) is 119. The van der Waals surface area contributed by atoms with Gasteiger partial charge in [-0.2, -0.15) is 0 Å². The van der Waals surface area contributed by atoms with Gasteiger partial charge in [-0.25, -0.2) is 19.4 Å². The molecule has 0 saturated heterocycles.